The molecule has 160 valence electrons. The highest BCUT2D eigenvalue weighted by Crippen LogP contribution is 2.35. The molecule has 5 amide bonds. The monoisotopic (exact) mass is 416 g/mol. The molecule has 1 aliphatic carbocycles. The predicted molar refractivity (Wildman–Crippen MR) is 105 cm³/mol. The minimum Gasteiger partial charge on any atom is -0.452 e. The number of esters is 1. The molecule has 3 rings (SSSR count). The molecular weight excluding hydrogens is 392 g/mol. The third-order valence-corrected chi connectivity index (χ3v) is 5.28. The molecule has 0 aromatic heterocycles. The van der Waals surface area contributed by atoms with Gasteiger partial charge in [0.15, 0.2) is 6.61 Å². The van der Waals surface area contributed by atoms with Gasteiger partial charge in [-0.3, -0.25) is 19.8 Å². The van der Waals surface area contributed by atoms with Gasteiger partial charge in [0.25, 0.3) is 11.8 Å². The van der Waals surface area contributed by atoms with Gasteiger partial charge in [0.1, 0.15) is 5.54 Å². The minimum absolute atomic E-state index is 0.138. The van der Waals surface area contributed by atoms with E-state index in [4.69, 9.17) is 4.74 Å². The van der Waals surface area contributed by atoms with Crippen molar-refractivity contribution in [2.75, 3.05) is 11.9 Å². The number of rotatable bonds is 5. The lowest BCUT2D eigenvalue weighted by molar-refractivity contribution is -0.141. The zero-order valence-electron chi connectivity index (χ0n) is 16.8. The Balaban J connectivity index is 1.54. The quantitative estimate of drug-likeness (QED) is 0.490. The van der Waals surface area contributed by atoms with Gasteiger partial charge in [-0.25, -0.2) is 9.59 Å². The minimum atomic E-state index is -0.975. The number of carbonyl (C=O) groups excluding carboxylic acids is 5. The highest BCUT2D eigenvalue weighted by molar-refractivity contribution is 6.08. The molecule has 1 aliphatic heterocycles. The van der Waals surface area contributed by atoms with Gasteiger partial charge in [-0.1, -0.05) is 13.0 Å². The first-order chi connectivity index (χ1) is 14.2. The maximum atomic E-state index is 12.7. The molecule has 0 atom stereocenters. The van der Waals surface area contributed by atoms with Crippen molar-refractivity contribution in [3.8, 4) is 0 Å². The van der Waals surface area contributed by atoms with Crippen LogP contribution in [0.5, 0.6) is 0 Å². The second-order valence-electron chi connectivity index (χ2n) is 7.71. The molecule has 1 heterocycles. The summed E-state index contributed by atoms with van der Waals surface area (Å²) in [5.74, 6) is -1.91. The summed E-state index contributed by atoms with van der Waals surface area (Å²) in [5.41, 5.74) is 1.78. The van der Waals surface area contributed by atoms with Crippen LogP contribution in [0, 0.1) is 5.92 Å². The molecule has 1 saturated heterocycles. The van der Waals surface area contributed by atoms with E-state index < -0.39 is 36.0 Å². The average molecular weight is 416 g/mol. The van der Waals surface area contributed by atoms with Crippen LogP contribution >= 0.6 is 0 Å². The molecule has 2 aliphatic rings. The first-order valence-electron chi connectivity index (χ1n) is 9.71. The average Bonchev–Trinajstić information content (AvgIpc) is 2.92. The first kappa shape index (κ1) is 21.3. The van der Waals surface area contributed by atoms with Gasteiger partial charge in [-0.2, -0.15) is 5.01 Å². The lowest BCUT2D eigenvalue weighted by Crippen LogP contribution is -2.52. The molecule has 30 heavy (non-hydrogen) atoms. The van der Waals surface area contributed by atoms with E-state index in [2.05, 4.69) is 23.0 Å². The number of hydrogen-bond acceptors (Lipinski definition) is 6. The SMILES string of the molecule is CC(=O)Nc1cccc(C(=O)OCC(=O)NN2C(=O)NC3(CCC(C)CC3)C2=O)c1. The number of hydrogen-bond donors (Lipinski definition) is 3. The number of benzene rings is 1. The van der Waals surface area contributed by atoms with Crippen molar-refractivity contribution in [1.82, 2.24) is 15.8 Å². The van der Waals surface area contributed by atoms with Gasteiger partial charge < -0.3 is 15.4 Å². The van der Waals surface area contributed by atoms with E-state index in [1.54, 1.807) is 12.1 Å². The maximum absolute atomic E-state index is 12.7. The number of imide groups is 1. The second kappa shape index (κ2) is 8.52. The van der Waals surface area contributed by atoms with E-state index in [9.17, 15) is 24.0 Å². The molecule has 0 unspecified atom stereocenters. The third-order valence-electron chi connectivity index (χ3n) is 5.28. The molecule has 1 saturated carbocycles. The number of anilines is 1. The van der Waals surface area contributed by atoms with Gasteiger partial charge in [0.2, 0.25) is 5.91 Å². The number of urea groups is 1. The molecule has 0 bridgehead atoms. The fourth-order valence-corrected chi connectivity index (χ4v) is 3.61. The van der Waals surface area contributed by atoms with Crippen LogP contribution in [-0.4, -0.2) is 46.9 Å². The second-order valence-corrected chi connectivity index (χ2v) is 7.71. The van der Waals surface area contributed by atoms with Crippen molar-refractivity contribution >= 4 is 35.4 Å². The summed E-state index contributed by atoms with van der Waals surface area (Å²) in [4.78, 5) is 60.3. The largest absolute Gasteiger partial charge is 0.452 e. The van der Waals surface area contributed by atoms with Crippen LogP contribution in [0.2, 0.25) is 0 Å². The predicted octanol–water partition coefficient (Wildman–Crippen LogP) is 1.33. The van der Waals surface area contributed by atoms with E-state index in [0.29, 0.717) is 29.5 Å². The lowest BCUT2D eigenvalue weighted by Gasteiger charge is -2.33. The van der Waals surface area contributed by atoms with Crippen molar-refractivity contribution in [2.45, 2.75) is 45.1 Å². The van der Waals surface area contributed by atoms with Crippen molar-refractivity contribution in [3.63, 3.8) is 0 Å². The Hall–Kier alpha value is -3.43. The smallest absolute Gasteiger partial charge is 0.344 e. The first-order valence-corrected chi connectivity index (χ1v) is 9.71. The number of carbonyl (C=O) groups is 5. The number of ether oxygens (including phenoxy) is 1. The highest BCUT2D eigenvalue weighted by atomic mass is 16.5. The van der Waals surface area contributed by atoms with Crippen LogP contribution in [0.1, 0.15) is 49.9 Å². The van der Waals surface area contributed by atoms with E-state index in [1.165, 1.54) is 19.1 Å². The van der Waals surface area contributed by atoms with Gasteiger partial charge in [0.05, 0.1) is 5.56 Å². The third kappa shape index (κ3) is 4.58. The number of amides is 5. The summed E-state index contributed by atoms with van der Waals surface area (Å²) in [6.07, 6.45) is 2.65. The van der Waals surface area contributed by atoms with Crippen molar-refractivity contribution < 1.29 is 28.7 Å². The van der Waals surface area contributed by atoms with Crippen molar-refractivity contribution in [3.05, 3.63) is 29.8 Å². The molecule has 1 aromatic carbocycles. The van der Waals surface area contributed by atoms with Gasteiger partial charge in [-0.15, -0.1) is 0 Å². The molecule has 1 spiro atoms. The van der Waals surface area contributed by atoms with Crippen molar-refractivity contribution in [1.29, 1.82) is 0 Å². The maximum Gasteiger partial charge on any atom is 0.344 e. The Kier molecular flexibility index (Phi) is 6.04. The number of nitrogens with one attached hydrogen (secondary N) is 3. The van der Waals surface area contributed by atoms with E-state index in [0.717, 1.165) is 12.8 Å². The molecule has 3 N–H and O–H groups in total. The summed E-state index contributed by atoms with van der Waals surface area (Å²) in [6.45, 7) is 2.75. The molecule has 10 nitrogen and oxygen atoms in total. The number of hydrazine groups is 1. The zero-order valence-corrected chi connectivity index (χ0v) is 16.8. The summed E-state index contributed by atoms with van der Waals surface area (Å²) in [7, 11) is 0. The standard InChI is InChI=1S/C20H24N4O6/c1-12-6-8-20(9-7-12)18(28)24(19(29)22-20)23-16(26)11-30-17(27)14-4-3-5-15(10-14)21-13(2)25/h3-5,10,12H,6-9,11H2,1-2H3,(H,21,25)(H,22,29)(H,23,26). The summed E-state index contributed by atoms with van der Waals surface area (Å²) >= 11 is 0. The summed E-state index contributed by atoms with van der Waals surface area (Å²) in [5, 5.41) is 5.88. The molecule has 2 fully saturated rings. The number of nitrogens with zero attached hydrogens (tertiary/aromatic N) is 1. The summed E-state index contributed by atoms with van der Waals surface area (Å²) in [6, 6.07) is 5.34. The van der Waals surface area contributed by atoms with Gasteiger partial charge in [0, 0.05) is 12.6 Å². The van der Waals surface area contributed by atoms with Crippen molar-refractivity contribution in [2.24, 2.45) is 5.92 Å². The van der Waals surface area contributed by atoms with Crippen LogP contribution in [0.4, 0.5) is 10.5 Å². The fraction of sp³-hybridized carbons (Fsp3) is 0.450. The highest BCUT2D eigenvalue weighted by Gasteiger charge is 2.52. The Labute approximate surface area is 173 Å². The van der Waals surface area contributed by atoms with Crippen LogP contribution in [0.3, 0.4) is 0 Å². The molecular formula is C20H24N4O6. The Bertz CT molecular complexity index is 891. The topological polar surface area (TPSA) is 134 Å². The lowest BCUT2D eigenvalue weighted by atomic mass is 9.77. The van der Waals surface area contributed by atoms with E-state index >= 15 is 0 Å². The van der Waals surface area contributed by atoms with Gasteiger partial charge >= 0.3 is 12.0 Å². The Morgan fingerprint density at radius 1 is 1.23 bits per heavy atom. The van der Waals surface area contributed by atoms with E-state index in [-0.39, 0.29) is 11.5 Å². The molecule has 1 aromatic rings. The zero-order chi connectivity index (χ0) is 21.9. The Morgan fingerprint density at radius 3 is 2.60 bits per heavy atom. The van der Waals surface area contributed by atoms with Gasteiger partial charge in [-0.05, 0) is 49.8 Å². The molecule has 0 radical (unpaired) electrons. The van der Waals surface area contributed by atoms with Crippen LogP contribution < -0.4 is 16.1 Å². The summed E-state index contributed by atoms with van der Waals surface area (Å²) < 4.78 is 4.95. The van der Waals surface area contributed by atoms with Crippen LogP contribution in [-0.2, 0) is 19.1 Å². The fourth-order valence-electron chi connectivity index (χ4n) is 3.61. The van der Waals surface area contributed by atoms with E-state index in [1.807, 2.05) is 0 Å². The molecule has 10 heteroatoms. The van der Waals surface area contributed by atoms with Crippen LogP contribution in [0.25, 0.3) is 0 Å². The Morgan fingerprint density at radius 2 is 1.93 bits per heavy atom. The normalized spacial score (nSPS) is 23.1. The van der Waals surface area contributed by atoms with Crippen LogP contribution in [0.15, 0.2) is 24.3 Å².